The Hall–Kier alpha value is -3.48. The third-order valence-electron chi connectivity index (χ3n) is 5.04. The van der Waals surface area contributed by atoms with Gasteiger partial charge < -0.3 is 10.6 Å². The van der Waals surface area contributed by atoms with E-state index in [9.17, 15) is 14.0 Å². The molecule has 0 atom stereocenters. The van der Waals surface area contributed by atoms with E-state index in [-0.39, 0.29) is 23.3 Å². The zero-order valence-electron chi connectivity index (χ0n) is 15.7. The summed E-state index contributed by atoms with van der Waals surface area (Å²) in [6, 6.07) is 11.6. The largest absolute Gasteiger partial charge is 0.325 e. The summed E-state index contributed by atoms with van der Waals surface area (Å²) in [6.07, 6.45) is 0. The number of amides is 2. The minimum Gasteiger partial charge on any atom is -0.325 e. The number of carbonyl (C=O) groups excluding carboxylic acids is 2. The second kappa shape index (κ2) is 6.30. The van der Waals surface area contributed by atoms with Crippen LogP contribution in [0.5, 0.6) is 0 Å². The van der Waals surface area contributed by atoms with Gasteiger partial charge in [-0.2, -0.15) is 5.10 Å². The highest BCUT2D eigenvalue weighted by Crippen LogP contribution is 2.38. The fourth-order valence-corrected chi connectivity index (χ4v) is 3.24. The fraction of sp³-hybridized carbons (Fsp3) is 0.190. The summed E-state index contributed by atoms with van der Waals surface area (Å²) in [5.41, 5.74) is 3.59. The van der Waals surface area contributed by atoms with Gasteiger partial charge in [0.25, 0.3) is 5.91 Å². The molecule has 1 aliphatic rings. The van der Waals surface area contributed by atoms with Crippen LogP contribution in [-0.2, 0) is 10.2 Å². The maximum Gasteiger partial charge on any atom is 0.273 e. The number of rotatable bonds is 3. The Morgan fingerprint density at radius 1 is 1.14 bits per heavy atom. The van der Waals surface area contributed by atoms with E-state index in [2.05, 4.69) is 20.8 Å². The summed E-state index contributed by atoms with van der Waals surface area (Å²) in [4.78, 5) is 24.6. The lowest BCUT2D eigenvalue weighted by Crippen LogP contribution is -2.26. The maximum absolute atomic E-state index is 13.4. The summed E-state index contributed by atoms with van der Waals surface area (Å²) in [7, 11) is 0. The predicted molar refractivity (Wildman–Crippen MR) is 105 cm³/mol. The van der Waals surface area contributed by atoms with E-state index in [4.69, 9.17) is 0 Å². The lowest BCUT2D eigenvalue weighted by Gasteiger charge is -2.16. The smallest absolute Gasteiger partial charge is 0.273 e. The van der Waals surface area contributed by atoms with Crippen molar-refractivity contribution in [3.63, 3.8) is 0 Å². The molecule has 7 heteroatoms. The first-order chi connectivity index (χ1) is 13.3. The number of fused-ring (bicyclic) bond motifs is 1. The Kier molecular flexibility index (Phi) is 4.03. The molecule has 3 N–H and O–H groups in total. The molecule has 0 unspecified atom stereocenters. The number of aromatic amines is 1. The van der Waals surface area contributed by atoms with Crippen molar-refractivity contribution in [2.75, 3.05) is 10.6 Å². The van der Waals surface area contributed by atoms with Crippen LogP contribution >= 0.6 is 0 Å². The van der Waals surface area contributed by atoms with Crippen molar-refractivity contribution < 1.29 is 14.0 Å². The minimum absolute atomic E-state index is 0.0706. The van der Waals surface area contributed by atoms with Crippen molar-refractivity contribution in [3.05, 3.63) is 65.1 Å². The Balaban J connectivity index is 1.56. The first-order valence-corrected chi connectivity index (χ1v) is 8.85. The molecule has 28 heavy (non-hydrogen) atoms. The van der Waals surface area contributed by atoms with E-state index in [1.54, 1.807) is 43.3 Å². The number of H-pyrrole nitrogens is 1. The van der Waals surface area contributed by atoms with Crippen LogP contribution in [0.4, 0.5) is 15.8 Å². The third kappa shape index (κ3) is 2.94. The fourth-order valence-electron chi connectivity index (χ4n) is 3.24. The van der Waals surface area contributed by atoms with Crippen LogP contribution in [0.2, 0.25) is 0 Å². The molecule has 0 spiro atoms. The van der Waals surface area contributed by atoms with Crippen molar-refractivity contribution in [1.29, 1.82) is 0 Å². The molecular weight excluding hydrogens is 359 g/mol. The van der Waals surface area contributed by atoms with E-state index in [0.29, 0.717) is 16.9 Å². The zero-order chi connectivity index (χ0) is 20.1. The van der Waals surface area contributed by atoms with Crippen LogP contribution in [0.1, 0.15) is 35.5 Å². The van der Waals surface area contributed by atoms with Gasteiger partial charge in [0, 0.05) is 16.9 Å². The average molecular weight is 378 g/mol. The molecule has 2 aromatic carbocycles. The van der Waals surface area contributed by atoms with Crippen LogP contribution in [0.3, 0.4) is 0 Å². The first-order valence-electron chi connectivity index (χ1n) is 8.85. The predicted octanol–water partition coefficient (Wildman–Crippen LogP) is 4.01. The van der Waals surface area contributed by atoms with Crippen LogP contribution < -0.4 is 10.6 Å². The van der Waals surface area contributed by atoms with Gasteiger partial charge in [0.2, 0.25) is 5.91 Å². The standard InChI is InChI=1S/C21H19FN4O2/c1-11-8-12(4-6-15(11)22)17-10-18(26-25-17)19(27)23-13-5-7-16-14(9-13)21(2,3)20(28)24-16/h4-10H,1-3H3,(H,23,27)(H,24,28)(H,25,26). The molecule has 0 aliphatic carbocycles. The Morgan fingerprint density at radius 3 is 2.68 bits per heavy atom. The van der Waals surface area contributed by atoms with Crippen molar-refractivity contribution in [3.8, 4) is 11.3 Å². The molecule has 6 nitrogen and oxygen atoms in total. The van der Waals surface area contributed by atoms with Crippen molar-refractivity contribution in [2.45, 2.75) is 26.2 Å². The monoisotopic (exact) mass is 378 g/mol. The number of hydrogen-bond donors (Lipinski definition) is 3. The molecule has 4 rings (SSSR count). The van der Waals surface area contributed by atoms with Gasteiger partial charge in [-0.05, 0) is 74.4 Å². The molecular formula is C21H19FN4O2. The second-order valence-electron chi connectivity index (χ2n) is 7.42. The molecule has 2 heterocycles. The number of anilines is 2. The molecule has 2 amide bonds. The molecule has 142 valence electrons. The number of halogens is 1. The van der Waals surface area contributed by atoms with Crippen LogP contribution in [0, 0.1) is 12.7 Å². The summed E-state index contributed by atoms with van der Waals surface area (Å²) in [5.74, 6) is -0.712. The minimum atomic E-state index is -0.655. The van der Waals surface area contributed by atoms with E-state index in [0.717, 1.165) is 16.8 Å². The highest BCUT2D eigenvalue weighted by Gasteiger charge is 2.38. The molecule has 0 fully saturated rings. The summed E-state index contributed by atoms with van der Waals surface area (Å²) >= 11 is 0. The van der Waals surface area contributed by atoms with E-state index in [1.807, 2.05) is 13.8 Å². The van der Waals surface area contributed by atoms with Gasteiger partial charge in [0.1, 0.15) is 11.5 Å². The molecule has 1 aliphatic heterocycles. The second-order valence-corrected chi connectivity index (χ2v) is 7.42. The SMILES string of the molecule is Cc1cc(-c2cc(C(=O)Nc3ccc4c(c3)C(C)(C)C(=O)N4)[nH]n2)ccc1F. The normalized spacial score (nSPS) is 14.5. The van der Waals surface area contributed by atoms with E-state index >= 15 is 0 Å². The van der Waals surface area contributed by atoms with Gasteiger partial charge in [-0.15, -0.1) is 0 Å². The van der Waals surface area contributed by atoms with Crippen LogP contribution in [0.25, 0.3) is 11.3 Å². The highest BCUT2D eigenvalue weighted by molar-refractivity contribution is 6.07. The van der Waals surface area contributed by atoms with E-state index in [1.165, 1.54) is 6.07 Å². The number of nitrogens with zero attached hydrogens (tertiary/aromatic N) is 1. The molecule has 0 saturated heterocycles. The molecule has 3 aromatic rings. The first kappa shape index (κ1) is 17.9. The lowest BCUT2D eigenvalue weighted by atomic mass is 9.86. The van der Waals surface area contributed by atoms with Gasteiger partial charge in [-0.1, -0.05) is 0 Å². The highest BCUT2D eigenvalue weighted by atomic mass is 19.1. The number of aromatic nitrogens is 2. The van der Waals surface area contributed by atoms with Crippen molar-refractivity contribution >= 4 is 23.2 Å². The zero-order valence-corrected chi connectivity index (χ0v) is 15.7. The van der Waals surface area contributed by atoms with Gasteiger partial charge in [0.05, 0.1) is 11.1 Å². The van der Waals surface area contributed by atoms with Crippen LogP contribution in [-0.4, -0.2) is 22.0 Å². The maximum atomic E-state index is 13.4. The van der Waals surface area contributed by atoms with E-state index < -0.39 is 5.41 Å². The third-order valence-corrected chi connectivity index (χ3v) is 5.04. The average Bonchev–Trinajstić information content (AvgIpc) is 3.22. The number of aryl methyl sites for hydroxylation is 1. The Labute approximate surface area is 161 Å². The number of nitrogens with one attached hydrogen (secondary N) is 3. The molecule has 0 radical (unpaired) electrons. The van der Waals surface area contributed by atoms with Gasteiger partial charge in [-0.25, -0.2) is 4.39 Å². The Morgan fingerprint density at radius 2 is 1.93 bits per heavy atom. The molecule has 0 saturated carbocycles. The Bertz CT molecular complexity index is 1120. The quantitative estimate of drug-likeness (QED) is 0.644. The lowest BCUT2D eigenvalue weighted by molar-refractivity contribution is -0.119. The van der Waals surface area contributed by atoms with Crippen molar-refractivity contribution in [2.24, 2.45) is 0 Å². The van der Waals surface area contributed by atoms with Crippen LogP contribution in [0.15, 0.2) is 42.5 Å². The summed E-state index contributed by atoms with van der Waals surface area (Å²) in [5, 5.41) is 12.5. The van der Waals surface area contributed by atoms with Gasteiger partial charge in [0.15, 0.2) is 0 Å². The van der Waals surface area contributed by atoms with Gasteiger partial charge in [-0.3, -0.25) is 14.7 Å². The molecule has 1 aromatic heterocycles. The van der Waals surface area contributed by atoms with Crippen molar-refractivity contribution in [1.82, 2.24) is 10.2 Å². The topological polar surface area (TPSA) is 86.9 Å². The number of benzene rings is 2. The molecule has 0 bridgehead atoms. The summed E-state index contributed by atoms with van der Waals surface area (Å²) < 4.78 is 13.4. The number of hydrogen-bond acceptors (Lipinski definition) is 3. The number of carbonyl (C=O) groups is 2. The summed E-state index contributed by atoms with van der Waals surface area (Å²) in [6.45, 7) is 5.35. The van der Waals surface area contributed by atoms with Gasteiger partial charge >= 0.3 is 0 Å².